The Balaban J connectivity index is 2.10. The van der Waals surface area contributed by atoms with Crippen molar-refractivity contribution in [3.63, 3.8) is 0 Å². The number of aliphatic hydroxyl groups excluding tert-OH is 1. The second-order valence-electron chi connectivity index (χ2n) is 5.43. The standard InChI is InChI=1S/C16H22N2O/c1-18(9-10-19)16-11-14(7-8-15(16)12-17)13-5-3-2-4-6-13/h2-6,14-16,19H,7-11H2,1H3. The van der Waals surface area contributed by atoms with Crippen molar-refractivity contribution < 1.29 is 5.11 Å². The van der Waals surface area contributed by atoms with E-state index in [0.29, 0.717) is 12.5 Å². The fourth-order valence-corrected chi connectivity index (χ4v) is 3.14. The molecule has 1 saturated carbocycles. The third-order valence-electron chi connectivity index (χ3n) is 4.27. The van der Waals surface area contributed by atoms with Gasteiger partial charge in [0.15, 0.2) is 0 Å². The van der Waals surface area contributed by atoms with Crippen LogP contribution in [0.15, 0.2) is 30.3 Å². The molecule has 0 amide bonds. The third kappa shape index (κ3) is 3.34. The molecule has 19 heavy (non-hydrogen) atoms. The van der Waals surface area contributed by atoms with Gasteiger partial charge in [-0.25, -0.2) is 0 Å². The molecule has 0 radical (unpaired) electrons. The van der Waals surface area contributed by atoms with E-state index in [9.17, 15) is 5.26 Å². The summed E-state index contributed by atoms with van der Waals surface area (Å²) in [5, 5.41) is 18.4. The Morgan fingerprint density at radius 2 is 2.05 bits per heavy atom. The molecule has 2 rings (SSSR count). The predicted octanol–water partition coefficient (Wildman–Crippen LogP) is 2.39. The van der Waals surface area contributed by atoms with E-state index in [1.165, 1.54) is 5.56 Å². The first-order valence-corrected chi connectivity index (χ1v) is 7.02. The molecular formula is C16H22N2O. The monoisotopic (exact) mass is 258 g/mol. The maximum Gasteiger partial charge on any atom is 0.0672 e. The van der Waals surface area contributed by atoms with Crippen LogP contribution in [0.2, 0.25) is 0 Å². The molecule has 1 aliphatic carbocycles. The van der Waals surface area contributed by atoms with Gasteiger partial charge in [-0.15, -0.1) is 0 Å². The Kier molecular flexibility index (Phi) is 4.95. The fourth-order valence-electron chi connectivity index (χ4n) is 3.14. The lowest BCUT2D eigenvalue weighted by Gasteiger charge is -2.38. The molecule has 0 aromatic heterocycles. The lowest BCUT2D eigenvalue weighted by atomic mass is 9.75. The molecule has 3 heteroatoms. The van der Waals surface area contributed by atoms with Gasteiger partial charge in [-0.2, -0.15) is 5.26 Å². The zero-order chi connectivity index (χ0) is 13.7. The van der Waals surface area contributed by atoms with Gasteiger partial charge in [-0.1, -0.05) is 30.3 Å². The van der Waals surface area contributed by atoms with Crippen LogP contribution in [-0.2, 0) is 0 Å². The van der Waals surface area contributed by atoms with Crippen LogP contribution in [-0.4, -0.2) is 36.2 Å². The van der Waals surface area contributed by atoms with Crippen molar-refractivity contribution in [3.05, 3.63) is 35.9 Å². The first-order chi connectivity index (χ1) is 9.26. The van der Waals surface area contributed by atoms with Crippen LogP contribution >= 0.6 is 0 Å². The zero-order valence-corrected chi connectivity index (χ0v) is 11.5. The van der Waals surface area contributed by atoms with Crippen molar-refractivity contribution in [2.24, 2.45) is 5.92 Å². The van der Waals surface area contributed by atoms with Gasteiger partial charge in [0.25, 0.3) is 0 Å². The number of benzene rings is 1. The van der Waals surface area contributed by atoms with Crippen molar-refractivity contribution in [1.82, 2.24) is 4.90 Å². The molecule has 0 bridgehead atoms. The topological polar surface area (TPSA) is 47.3 Å². The van der Waals surface area contributed by atoms with Crippen LogP contribution in [0.25, 0.3) is 0 Å². The Morgan fingerprint density at radius 1 is 1.32 bits per heavy atom. The molecule has 3 nitrogen and oxygen atoms in total. The summed E-state index contributed by atoms with van der Waals surface area (Å²) in [4.78, 5) is 2.14. The van der Waals surface area contributed by atoms with Gasteiger partial charge in [0, 0.05) is 12.6 Å². The van der Waals surface area contributed by atoms with Crippen molar-refractivity contribution in [2.75, 3.05) is 20.2 Å². The normalized spacial score (nSPS) is 27.2. The number of aliphatic hydroxyl groups is 1. The molecule has 3 unspecified atom stereocenters. The number of hydrogen-bond donors (Lipinski definition) is 1. The first kappa shape index (κ1) is 14.0. The highest BCUT2D eigenvalue weighted by Gasteiger charge is 2.33. The second-order valence-corrected chi connectivity index (χ2v) is 5.43. The highest BCUT2D eigenvalue weighted by atomic mass is 16.3. The number of nitrogens with zero attached hydrogens (tertiary/aromatic N) is 2. The van der Waals surface area contributed by atoms with Gasteiger partial charge in [0.1, 0.15) is 0 Å². The first-order valence-electron chi connectivity index (χ1n) is 7.02. The number of nitriles is 1. The zero-order valence-electron chi connectivity index (χ0n) is 11.5. The van der Waals surface area contributed by atoms with Crippen molar-refractivity contribution in [1.29, 1.82) is 5.26 Å². The molecule has 0 saturated heterocycles. The third-order valence-corrected chi connectivity index (χ3v) is 4.27. The minimum absolute atomic E-state index is 0.0940. The Bertz CT molecular complexity index is 426. The summed E-state index contributed by atoms with van der Waals surface area (Å²) >= 11 is 0. The summed E-state index contributed by atoms with van der Waals surface area (Å²) in [7, 11) is 2.01. The second kappa shape index (κ2) is 6.70. The van der Waals surface area contributed by atoms with E-state index in [0.717, 1.165) is 19.3 Å². The molecule has 1 aromatic rings. The van der Waals surface area contributed by atoms with E-state index in [4.69, 9.17) is 5.11 Å². The van der Waals surface area contributed by atoms with Crippen LogP contribution in [0.5, 0.6) is 0 Å². The highest BCUT2D eigenvalue weighted by molar-refractivity contribution is 5.21. The maximum atomic E-state index is 9.30. The highest BCUT2D eigenvalue weighted by Crippen LogP contribution is 2.37. The number of rotatable bonds is 4. The van der Waals surface area contributed by atoms with Crippen molar-refractivity contribution >= 4 is 0 Å². The van der Waals surface area contributed by atoms with Crippen LogP contribution in [0.3, 0.4) is 0 Å². The van der Waals surface area contributed by atoms with Gasteiger partial charge in [-0.05, 0) is 37.8 Å². The average molecular weight is 258 g/mol. The Labute approximate surface area is 115 Å². The molecule has 1 aliphatic rings. The van der Waals surface area contributed by atoms with E-state index < -0.39 is 0 Å². The van der Waals surface area contributed by atoms with Crippen molar-refractivity contribution in [3.8, 4) is 6.07 Å². The van der Waals surface area contributed by atoms with Gasteiger partial charge >= 0.3 is 0 Å². The molecule has 1 N–H and O–H groups in total. The summed E-state index contributed by atoms with van der Waals surface area (Å²) in [5.74, 6) is 0.633. The quantitative estimate of drug-likeness (QED) is 0.902. The fraction of sp³-hybridized carbons (Fsp3) is 0.562. The maximum absolute atomic E-state index is 9.30. The van der Waals surface area contributed by atoms with Gasteiger partial charge in [0.2, 0.25) is 0 Å². The van der Waals surface area contributed by atoms with Gasteiger partial charge < -0.3 is 5.11 Å². The van der Waals surface area contributed by atoms with E-state index in [2.05, 4.69) is 35.2 Å². The van der Waals surface area contributed by atoms with Gasteiger partial charge in [-0.3, -0.25) is 4.90 Å². The smallest absolute Gasteiger partial charge is 0.0672 e. The van der Waals surface area contributed by atoms with Crippen LogP contribution in [0.4, 0.5) is 0 Å². The number of hydrogen-bond acceptors (Lipinski definition) is 3. The number of likely N-dealkylation sites (N-methyl/N-ethyl adjacent to an activating group) is 1. The predicted molar refractivity (Wildman–Crippen MR) is 75.6 cm³/mol. The van der Waals surface area contributed by atoms with E-state index in [1.807, 2.05) is 13.1 Å². The summed E-state index contributed by atoms with van der Waals surface area (Å²) in [6.07, 6.45) is 3.06. The lowest BCUT2D eigenvalue weighted by molar-refractivity contribution is 0.120. The molecular weight excluding hydrogens is 236 g/mol. The Morgan fingerprint density at radius 3 is 2.68 bits per heavy atom. The van der Waals surface area contributed by atoms with E-state index in [1.54, 1.807) is 0 Å². The largest absolute Gasteiger partial charge is 0.395 e. The summed E-state index contributed by atoms with van der Waals surface area (Å²) in [6, 6.07) is 13.3. The van der Waals surface area contributed by atoms with Crippen LogP contribution in [0, 0.1) is 17.2 Å². The summed E-state index contributed by atoms with van der Waals surface area (Å²) < 4.78 is 0. The molecule has 102 valence electrons. The summed E-state index contributed by atoms with van der Waals surface area (Å²) in [5.41, 5.74) is 1.38. The SMILES string of the molecule is CN(CCO)C1CC(c2ccccc2)CCC1C#N. The van der Waals surface area contributed by atoms with Gasteiger partial charge in [0.05, 0.1) is 18.6 Å². The Hall–Kier alpha value is -1.37. The van der Waals surface area contributed by atoms with E-state index in [-0.39, 0.29) is 18.6 Å². The van der Waals surface area contributed by atoms with Crippen molar-refractivity contribution in [2.45, 2.75) is 31.2 Å². The molecule has 0 spiro atoms. The molecule has 0 aliphatic heterocycles. The molecule has 0 heterocycles. The van der Waals surface area contributed by atoms with Crippen LogP contribution < -0.4 is 0 Å². The minimum atomic E-state index is 0.0940. The molecule has 3 atom stereocenters. The van der Waals surface area contributed by atoms with Crippen LogP contribution in [0.1, 0.15) is 30.7 Å². The lowest BCUT2D eigenvalue weighted by Crippen LogP contribution is -2.42. The minimum Gasteiger partial charge on any atom is -0.395 e. The summed E-state index contributed by atoms with van der Waals surface area (Å²) in [6.45, 7) is 0.797. The molecule has 1 fully saturated rings. The average Bonchev–Trinajstić information content (AvgIpc) is 2.47. The molecule has 1 aromatic carbocycles. The van der Waals surface area contributed by atoms with E-state index >= 15 is 0 Å².